The van der Waals surface area contributed by atoms with E-state index in [9.17, 15) is 0 Å². The van der Waals surface area contributed by atoms with Gasteiger partial charge in [0.25, 0.3) is 0 Å². The van der Waals surface area contributed by atoms with Crippen LogP contribution in [0, 0.1) is 5.92 Å². The zero-order valence-corrected chi connectivity index (χ0v) is 14.9. The molecular weight excluding hydrogens is 310 g/mol. The van der Waals surface area contributed by atoms with Gasteiger partial charge in [0.05, 0.1) is 0 Å². The van der Waals surface area contributed by atoms with Gasteiger partial charge in [-0.25, -0.2) is 0 Å². The Bertz CT molecular complexity index is 364. The molecule has 0 amide bonds. The first-order chi connectivity index (χ1) is 9.69. The first-order valence-electron chi connectivity index (χ1n) is 8.17. The summed E-state index contributed by atoms with van der Waals surface area (Å²) in [6, 6.07) is 9.33. The number of hydrogen-bond donors (Lipinski definition) is 1. The lowest BCUT2D eigenvalue weighted by atomic mass is 9.89. The highest BCUT2D eigenvalue weighted by Gasteiger charge is 2.15. The molecule has 0 aromatic heterocycles. The molecule has 2 heteroatoms. The van der Waals surface area contributed by atoms with E-state index in [1.807, 2.05) is 0 Å². The average molecular weight is 340 g/mol. The summed E-state index contributed by atoms with van der Waals surface area (Å²) in [5.41, 5.74) is 1.43. The van der Waals surface area contributed by atoms with Crippen LogP contribution < -0.4 is 5.32 Å². The van der Waals surface area contributed by atoms with Gasteiger partial charge in [-0.2, -0.15) is 0 Å². The molecule has 20 heavy (non-hydrogen) atoms. The lowest BCUT2D eigenvalue weighted by molar-refractivity contribution is 0.350. The Labute approximate surface area is 133 Å². The normalized spacial score (nSPS) is 14.2. The molecule has 0 aliphatic carbocycles. The molecular formula is C18H30BrN. The van der Waals surface area contributed by atoms with Crippen molar-refractivity contribution in [1.29, 1.82) is 0 Å². The first-order valence-corrected chi connectivity index (χ1v) is 8.96. The van der Waals surface area contributed by atoms with Crippen LogP contribution in [0.2, 0.25) is 0 Å². The van der Waals surface area contributed by atoms with Gasteiger partial charge in [0.15, 0.2) is 0 Å². The molecule has 1 nitrogen and oxygen atoms in total. The fourth-order valence-corrected chi connectivity index (χ4v) is 3.31. The van der Waals surface area contributed by atoms with Gasteiger partial charge in [-0.15, -0.1) is 0 Å². The van der Waals surface area contributed by atoms with Crippen molar-refractivity contribution in [2.75, 3.05) is 6.54 Å². The molecule has 0 aliphatic heterocycles. The highest BCUT2D eigenvalue weighted by Crippen LogP contribution is 2.21. The quantitative estimate of drug-likeness (QED) is 0.586. The predicted molar refractivity (Wildman–Crippen MR) is 93.2 cm³/mol. The summed E-state index contributed by atoms with van der Waals surface area (Å²) >= 11 is 3.57. The van der Waals surface area contributed by atoms with Crippen LogP contribution in [0.25, 0.3) is 0 Å². The highest BCUT2D eigenvalue weighted by molar-refractivity contribution is 9.10. The Morgan fingerprint density at radius 3 is 2.60 bits per heavy atom. The Kier molecular flexibility index (Phi) is 9.21. The summed E-state index contributed by atoms with van der Waals surface area (Å²) < 4.78 is 1.18. The van der Waals surface area contributed by atoms with Gasteiger partial charge < -0.3 is 5.32 Å². The number of benzene rings is 1. The van der Waals surface area contributed by atoms with Crippen molar-refractivity contribution in [1.82, 2.24) is 5.32 Å². The third-order valence-electron chi connectivity index (χ3n) is 4.03. The summed E-state index contributed by atoms with van der Waals surface area (Å²) in [5.74, 6) is 0.867. The van der Waals surface area contributed by atoms with Gasteiger partial charge in [0.1, 0.15) is 0 Å². The van der Waals surface area contributed by atoms with E-state index >= 15 is 0 Å². The van der Waals surface area contributed by atoms with Crippen LogP contribution in [0.15, 0.2) is 28.7 Å². The van der Waals surface area contributed by atoms with E-state index in [1.54, 1.807) is 0 Å². The lowest BCUT2D eigenvalue weighted by Crippen LogP contribution is -2.33. The minimum Gasteiger partial charge on any atom is -0.314 e. The monoisotopic (exact) mass is 339 g/mol. The molecule has 1 aromatic carbocycles. The summed E-state index contributed by atoms with van der Waals surface area (Å²) in [6.07, 6.45) is 7.81. The Morgan fingerprint density at radius 1 is 1.20 bits per heavy atom. The molecule has 1 N–H and O–H groups in total. The SMILES string of the molecule is CCCCC(CC)CC(Cc1cccc(Br)c1)NCC. The van der Waals surface area contributed by atoms with Gasteiger partial charge in [-0.05, 0) is 43.0 Å². The van der Waals surface area contributed by atoms with Crippen LogP contribution in [-0.4, -0.2) is 12.6 Å². The summed E-state index contributed by atoms with van der Waals surface area (Å²) in [5, 5.41) is 3.68. The third kappa shape index (κ3) is 6.90. The van der Waals surface area contributed by atoms with Crippen LogP contribution in [0.5, 0.6) is 0 Å². The molecule has 0 radical (unpaired) electrons. The predicted octanol–water partition coefficient (Wildman–Crippen LogP) is 5.58. The largest absolute Gasteiger partial charge is 0.314 e. The number of halogens is 1. The van der Waals surface area contributed by atoms with E-state index in [4.69, 9.17) is 0 Å². The van der Waals surface area contributed by atoms with Gasteiger partial charge in [0.2, 0.25) is 0 Å². The second-order valence-electron chi connectivity index (χ2n) is 5.74. The molecule has 2 unspecified atom stereocenters. The van der Waals surface area contributed by atoms with Gasteiger partial charge in [0, 0.05) is 10.5 Å². The molecule has 0 fully saturated rings. The Hall–Kier alpha value is -0.340. The fourth-order valence-electron chi connectivity index (χ4n) is 2.86. The molecule has 0 aliphatic rings. The van der Waals surface area contributed by atoms with Crippen LogP contribution in [0.4, 0.5) is 0 Å². The second kappa shape index (κ2) is 10.4. The Morgan fingerprint density at radius 2 is 2.00 bits per heavy atom. The van der Waals surface area contributed by atoms with Crippen molar-refractivity contribution in [2.45, 2.75) is 65.3 Å². The number of rotatable bonds is 10. The summed E-state index contributed by atoms with van der Waals surface area (Å²) in [4.78, 5) is 0. The minimum atomic E-state index is 0.608. The van der Waals surface area contributed by atoms with E-state index < -0.39 is 0 Å². The molecule has 0 bridgehead atoms. The zero-order chi connectivity index (χ0) is 14.8. The maximum Gasteiger partial charge on any atom is 0.0178 e. The van der Waals surface area contributed by atoms with Gasteiger partial charge in [-0.1, -0.05) is 74.5 Å². The van der Waals surface area contributed by atoms with Crippen molar-refractivity contribution < 1.29 is 0 Å². The number of unbranched alkanes of at least 4 members (excludes halogenated alkanes) is 1. The van der Waals surface area contributed by atoms with E-state index in [0.29, 0.717) is 6.04 Å². The van der Waals surface area contributed by atoms with Gasteiger partial charge in [-0.3, -0.25) is 0 Å². The molecule has 0 saturated heterocycles. The highest BCUT2D eigenvalue weighted by atomic mass is 79.9. The first kappa shape index (κ1) is 17.7. The van der Waals surface area contributed by atoms with E-state index in [0.717, 1.165) is 18.9 Å². The van der Waals surface area contributed by atoms with Crippen molar-refractivity contribution in [2.24, 2.45) is 5.92 Å². The molecule has 2 atom stereocenters. The summed E-state index contributed by atoms with van der Waals surface area (Å²) in [6.45, 7) is 7.89. The van der Waals surface area contributed by atoms with Crippen LogP contribution in [-0.2, 0) is 6.42 Å². The maximum absolute atomic E-state index is 3.68. The van der Waals surface area contributed by atoms with E-state index in [1.165, 1.54) is 42.1 Å². The number of nitrogens with one attached hydrogen (secondary N) is 1. The second-order valence-corrected chi connectivity index (χ2v) is 6.66. The maximum atomic E-state index is 3.68. The third-order valence-corrected chi connectivity index (χ3v) is 4.52. The van der Waals surface area contributed by atoms with Crippen molar-refractivity contribution in [3.8, 4) is 0 Å². The molecule has 1 rings (SSSR count). The average Bonchev–Trinajstić information content (AvgIpc) is 2.43. The standard InChI is InChI=1S/C18H30BrN/c1-4-7-9-15(5-2)13-18(20-6-3)14-16-10-8-11-17(19)12-16/h8,10-12,15,18,20H,4-7,9,13-14H2,1-3H3. The van der Waals surface area contributed by atoms with Crippen molar-refractivity contribution >= 4 is 15.9 Å². The van der Waals surface area contributed by atoms with Gasteiger partial charge >= 0.3 is 0 Å². The lowest BCUT2D eigenvalue weighted by Gasteiger charge is -2.24. The van der Waals surface area contributed by atoms with Crippen LogP contribution in [0.1, 0.15) is 58.4 Å². The van der Waals surface area contributed by atoms with E-state index in [2.05, 4.69) is 66.3 Å². The molecule has 1 aromatic rings. The van der Waals surface area contributed by atoms with Crippen molar-refractivity contribution in [3.05, 3.63) is 34.3 Å². The Balaban J connectivity index is 2.58. The number of hydrogen-bond acceptors (Lipinski definition) is 1. The number of likely N-dealkylation sites (N-methyl/N-ethyl adjacent to an activating group) is 1. The zero-order valence-electron chi connectivity index (χ0n) is 13.3. The van der Waals surface area contributed by atoms with Crippen LogP contribution >= 0.6 is 15.9 Å². The van der Waals surface area contributed by atoms with Crippen LogP contribution in [0.3, 0.4) is 0 Å². The topological polar surface area (TPSA) is 12.0 Å². The van der Waals surface area contributed by atoms with Crippen molar-refractivity contribution in [3.63, 3.8) is 0 Å². The molecule has 114 valence electrons. The fraction of sp³-hybridized carbons (Fsp3) is 0.667. The summed E-state index contributed by atoms with van der Waals surface area (Å²) in [7, 11) is 0. The smallest absolute Gasteiger partial charge is 0.0178 e. The van der Waals surface area contributed by atoms with E-state index in [-0.39, 0.29) is 0 Å². The minimum absolute atomic E-state index is 0.608. The molecule has 0 heterocycles. The molecule has 0 spiro atoms. The molecule has 0 saturated carbocycles.